The Hall–Kier alpha value is -3.45. The van der Waals surface area contributed by atoms with Crippen molar-refractivity contribution in [3.8, 4) is 17.0 Å². The fourth-order valence-electron chi connectivity index (χ4n) is 4.38. The SMILES string of the molecule is COc1ccc(CNC(=O)CCCCCN2CCN(c3ncccc3-c3ccccn3)CC2)cc1. The topological polar surface area (TPSA) is 70.6 Å². The number of anilines is 1. The first kappa shape index (κ1) is 24.7. The summed E-state index contributed by atoms with van der Waals surface area (Å²) in [6, 6.07) is 17.9. The fourth-order valence-corrected chi connectivity index (χ4v) is 4.38. The van der Waals surface area contributed by atoms with Crippen LogP contribution in [-0.4, -0.2) is 60.6 Å². The maximum atomic E-state index is 12.1. The summed E-state index contributed by atoms with van der Waals surface area (Å²) in [4.78, 5) is 26.2. The molecule has 184 valence electrons. The number of amides is 1. The van der Waals surface area contributed by atoms with E-state index in [0.29, 0.717) is 13.0 Å². The summed E-state index contributed by atoms with van der Waals surface area (Å²) in [6.45, 7) is 5.62. The zero-order valence-electron chi connectivity index (χ0n) is 20.5. The van der Waals surface area contributed by atoms with Gasteiger partial charge in [-0.25, -0.2) is 4.98 Å². The van der Waals surface area contributed by atoms with Crippen LogP contribution in [0.5, 0.6) is 5.75 Å². The molecule has 0 spiro atoms. The lowest BCUT2D eigenvalue weighted by molar-refractivity contribution is -0.121. The molecule has 1 aliphatic rings. The first-order valence-corrected chi connectivity index (χ1v) is 12.5. The summed E-state index contributed by atoms with van der Waals surface area (Å²) in [7, 11) is 1.65. The van der Waals surface area contributed by atoms with Gasteiger partial charge in [0.2, 0.25) is 5.91 Å². The number of carbonyl (C=O) groups excluding carboxylic acids is 1. The van der Waals surface area contributed by atoms with Crippen LogP contribution < -0.4 is 15.0 Å². The molecule has 1 saturated heterocycles. The lowest BCUT2D eigenvalue weighted by Crippen LogP contribution is -2.47. The number of piperazine rings is 1. The smallest absolute Gasteiger partial charge is 0.220 e. The first-order valence-electron chi connectivity index (χ1n) is 12.5. The minimum absolute atomic E-state index is 0.119. The predicted octanol–water partition coefficient (Wildman–Crippen LogP) is 4.15. The van der Waals surface area contributed by atoms with E-state index in [0.717, 1.165) is 80.4 Å². The van der Waals surface area contributed by atoms with E-state index in [4.69, 9.17) is 4.74 Å². The second-order valence-corrected chi connectivity index (χ2v) is 8.85. The Morgan fingerprint density at radius 2 is 1.71 bits per heavy atom. The van der Waals surface area contributed by atoms with Gasteiger partial charge in [0.15, 0.2) is 0 Å². The van der Waals surface area contributed by atoms with Crippen molar-refractivity contribution in [2.45, 2.75) is 32.2 Å². The lowest BCUT2D eigenvalue weighted by atomic mass is 10.1. The van der Waals surface area contributed by atoms with Gasteiger partial charge in [0, 0.05) is 57.1 Å². The maximum Gasteiger partial charge on any atom is 0.220 e. The number of hydrogen-bond acceptors (Lipinski definition) is 6. The maximum absolute atomic E-state index is 12.1. The lowest BCUT2D eigenvalue weighted by Gasteiger charge is -2.36. The van der Waals surface area contributed by atoms with E-state index in [9.17, 15) is 4.79 Å². The predicted molar refractivity (Wildman–Crippen MR) is 139 cm³/mol. The number of aromatic nitrogens is 2. The minimum Gasteiger partial charge on any atom is -0.497 e. The van der Waals surface area contributed by atoms with E-state index >= 15 is 0 Å². The highest BCUT2D eigenvalue weighted by Gasteiger charge is 2.20. The van der Waals surface area contributed by atoms with Crippen LogP contribution in [0.1, 0.15) is 31.2 Å². The van der Waals surface area contributed by atoms with Crippen molar-refractivity contribution < 1.29 is 9.53 Å². The highest BCUT2D eigenvalue weighted by atomic mass is 16.5. The van der Waals surface area contributed by atoms with E-state index in [1.807, 2.05) is 60.9 Å². The number of nitrogens with one attached hydrogen (secondary N) is 1. The van der Waals surface area contributed by atoms with E-state index in [1.165, 1.54) is 0 Å². The van der Waals surface area contributed by atoms with Crippen molar-refractivity contribution >= 4 is 11.7 Å². The number of nitrogens with zero attached hydrogens (tertiary/aromatic N) is 4. The second kappa shape index (κ2) is 12.9. The Bertz CT molecular complexity index is 1050. The molecule has 1 fully saturated rings. The standard InChI is InChI=1S/C28H35N5O2/c1-35-24-13-11-23(12-14-24)22-31-27(34)10-3-2-6-17-32-18-20-33(21-19-32)28-25(8-7-16-30-28)26-9-4-5-15-29-26/h4-5,7-9,11-16H,2-3,6,10,17-22H2,1H3,(H,31,34). The highest BCUT2D eigenvalue weighted by Crippen LogP contribution is 2.27. The number of rotatable bonds is 11. The van der Waals surface area contributed by atoms with Crippen molar-refractivity contribution in [1.29, 1.82) is 0 Å². The zero-order valence-corrected chi connectivity index (χ0v) is 20.5. The van der Waals surface area contributed by atoms with Crippen LogP contribution in [0.3, 0.4) is 0 Å². The molecule has 7 nitrogen and oxygen atoms in total. The van der Waals surface area contributed by atoms with Crippen LogP contribution in [0.25, 0.3) is 11.3 Å². The van der Waals surface area contributed by atoms with Gasteiger partial charge < -0.3 is 15.0 Å². The molecule has 1 amide bonds. The number of methoxy groups -OCH3 is 1. The number of hydrogen-bond donors (Lipinski definition) is 1. The summed E-state index contributed by atoms with van der Waals surface area (Å²) < 4.78 is 5.16. The van der Waals surface area contributed by atoms with Gasteiger partial charge in [-0.3, -0.25) is 14.7 Å². The summed E-state index contributed by atoms with van der Waals surface area (Å²) in [5.41, 5.74) is 3.13. The molecule has 0 atom stereocenters. The highest BCUT2D eigenvalue weighted by molar-refractivity contribution is 5.75. The molecule has 1 aliphatic heterocycles. The number of carbonyl (C=O) groups is 1. The Labute approximate surface area is 208 Å². The molecular weight excluding hydrogens is 438 g/mol. The third-order valence-corrected chi connectivity index (χ3v) is 6.43. The van der Waals surface area contributed by atoms with Gasteiger partial charge in [-0.05, 0) is 61.3 Å². The molecule has 2 aromatic heterocycles. The molecule has 0 radical (unpaired) electrons. The normalized spacial score (nSPS) is 14.0. The van der Waals surface area contributed by atoms with Crippen LogP contribution in [0.2, 0.25) is 0 Å². The summed E-state index contributed by atoms with van der Waals surface area (Å²) in [5, 5.41) is 3.01. The van der Waals surface area contributed by atoms with Crippen LogP contribution in [0, 0.1) is 0 Å². The van der Waals surface area contributed by atoms with Gasteiger partial charge in [-0.15, -0.1) is 0 Å². The number of ether oxygens (including phenoxy) is 1. The third kappa shape index (κ3) is 7.26. The monoisotopic (exact) mass is 473 g/mol. The van der Waals surface area contributed by atoms with Crippen molar-refractivity contribution in [2.75, 3.05) is 44.7 Å². The van der Waals surface area contributed by atoms with Crippen LogP contribution in [0.15, 0.2) is 67.0 Å². The van der Waals surface area contributed by atoms with E-state index in [-0.39, 0.29) is 5.91 Å². The Morgan fingerprint density at radius 3 is 2.46 bits per heavy atom. The molecule has 4 rings (SSSR count). The van der Waals surface area contributed by atoms with Gasteiger partial charge in [-0.2, -0.15) is 0 Å². The third-order valence-electron chi connectivity index (χ3n) is 6.43. The van der Waals surface area contributed by atoms with Crippen LogP contribution in [0.4, 0.5) is 5.82 Å². The molecule has 35 heavy (non-hydrogen) atoms. The fraction of sp³-hybridized carbons (Fsp3) is 0.393. The summed E-state index contributed by atoms with van der Waals surface area (Å²) in [6.07, 6.45) is 7.39. The Kier molecular flexibility index (Phi) is 9.06. The molecule has 0 saturated carbocycles. The van der Waals surface area contributed by atoms with E-state index in [1.54, 1.807) is 7.11 Å². The second-order valence-electron chi connectivity index (χ2n) is 8.85. The quantitative estimate of drug-likeness (QED) is 0.422. The Balaban J connectivity index is 1.12. The zero-order chi connectivity index (χ0) is 24.3. The summed E-state index contributed by atoms with van der Waals surface area (Å²) in [5.74, 6) is 1.97. The largest absolute Gasteiger partial charge is 0.497 e. The van der Waals surface area contributed by atoms with Gasteiger partial charge >= 0.3 is 0 Å². The molecule has 0 aliphatic carbocycles. The molecule has 0 bridgehead atoms. The van der Waals surface area contributed by atoms with Crippen LogP contribution >= 0.6 is 0 Å². The summed E-state index contributed by atoms with van der Waals surface area (Å²) >= 11 is 0. The van der Waals surface area contributed by atoms with E-state index in [2.05, 4.69) is 31.2 Å². The number of pyridine rings is 2. The van der Waals surface area contributed by atoms with E-state index < -0.39 is 0 Å². The average Bonchev–Trinajstić information content (AvgIpc) is 2.93. The molecule has 3 heterocycles. The molecule has 1 N–H and O–H groups in total. The van der Waals surface area contributed by atoms with Crippen molar-refractivity contribution in [3.05, 3.63) is 72.6 Å². The minimum atomic E-state index is 0.119. The molecular formula is C28H35N5O2. The molecule has 0 unspecified atom stereocenters. The van der Waals surface area contributed by atoms with Gasteiger partial charge in [-0.1, -0.05) is 24.6 Å². The van der Waals surface area contributed by atoms with Gasteiger partial charge in [0.25, 0.3) is 0 Å². The molecule has 1 aromatic carbocycles. The molecule has 3 aromatic rings. The first-order chi connectivity index (χ1) is 17.2. The van der Waals surface area contributed by atoms with Crippen LogP contribution in [-0.2, 0) is 11.3 Å². The van der Waals surface area contributed by atoms with Crippen molar-refractivity contribution in [3.63, 3.8) is 0 Å². The van der Waals surface area contributed by atoms with Gasteiger partial charge in [0.1, 0.15) is 11.6 Å². The number of benzene rings is 1. The number of unbranched alkanes of at least 4 members (excludes halogenated alkanes) is 2. The van der Waals surface area contributed by atoms with Crippen molar-refractivity contribution in [1.82, 2.24) is 20.2 Å². The average molecular weight is 474 g/mol. The van der Waals surface area contributed by atoms with Crippen molar-refractivity contribution in [2.24, 2.45) is 0 Å². The Morgan fingerprint density at radius 1 is 0.914 bits per heavy atom. The molecule has 7 heteroatoms. The van der Waals surface area contributed by atoms with Gasteiger partial charge in [0.05, 0.1) is 12.8 Å².